The fraction of sp³-hybridized carbons (Fsp3) is 0.273. The Morgan fingerprint density at radius 1 is 1.06 bits per heavy atom. The average molecular weight is 480 g/mol. The fourth-order valence-electron chi connectivity index (χ4n) is 3.38. The van der Waals surface area contributed by atoms with Crippen LogP contribution in [0.3, 0.4) is 0 Å². The Morgan fingerprint density at radius 2 is 1.68 bits per heavy atom. The van der Waals surface area contributed by atoms with Gasteiger partial charge in [0.05, 0.1) is 16.6 Å². The SMILES string of the molecule is O=C(O)C(F)(F)F.O=C(c1cc(Cc2n[nH]c(=O)c3ccccc23)ccc1F)N1CCNCC1. The number of fused-ring (bicyclic) bond motifs is 1. The van der Waals surface area contributed by atoms with Crippen LogP contribution in [0.5, 0.6) is 0 Å². The number of alkyl halides is 3. The van der Waals surface area contributed by atoms with Crippen molar-refractivity contribution in [3.63, 3.8) is 0 Å². The maximum atomic E-state index is 14.3. The Morgan fingerprint density at radius 3 is 2.29 bits per heavy atom. The van der Waals surface area contributed by atoms with Crippen molar-refractivity contribution < 1.29 is 32.3 Å². The van der Waals surface area contributed by atoms with Crippen molar-refractivity contribution >= 4 is 22.6 Å². The van der Waals surface area contributed by atoms with Crippen molar-refractivity contribution in [1.29, 1.82) is 0 Å². The molecule has 1 fully saturated rings. The minimum absolute atomic E-state index is 0.0723. The van der Waals surface area contributed by atoms with Gasteiger partial charge in [-0.05, 0) is 23.8 Å². The first-order valence-electron chi connectivity index (χ1n) is 10.1. The van der Waals surface area contributed by atoms with Gasteiger partial charge < -0.3 is 15.3 Å². The summed E-state index contributed by atoms with van der Waals surface area (Å²) < 4.78 is 46.0. The number of hydrogen-bond donors (Lipinski definition) is 3. The predicted molar refractivity (Wildman–Crippen MR) is 114 cm³/mol. The third-order valence-corrected chi connectivity index (χ3v) is 5.05. The molecule has 34 heavy (non-hydrogen) atoms. The largest absolute Gasteiger partial charge is 0.490 e. The Hall–Kier alpha value is -3.80. The summed E-state index contributed by atoms with van der Waals surface area (Å²) in [5, 5.41) is 18.3. The number of nitrogens with zero attached hydrogens (tertiary/aromatic N) is 2. The van der Waals surface area contributed by atoms with Gasteiger partial charge in [0.25, 0.3) is 11.5 Å². The first-order valence-corrected chi connectivity index (χ1v) is 10.1. The van der Waals surface area contributed by atoms with Gasteiger partial charge in [0.15, 0.2) is 0 Å². The molecule has 1 aromatic heterocycles. The number of carboxylic acid groups (broad SMARTS) is 1. The van der Waals surface area contributed by atoms with Crippen molar-refractivity contribution in [2.75, 3.05) is 26.2 Å². The van der Waals surface area contributed by atoms with Gasteiger partial charge in [-0.25, -0.2) is 14.3 Å². The topological polar surface area (TPSA) is 115 Å². The summed E-state index contributed by atoms with van der Waals surface area (Å²) in [7, 11) is 0. The van der Waals surface area contributed by atoms with Gasteiger partial charge >= 0.3 is 12.1 Å². The maximum Gasteiger partial charge on any atom is 0.490 e. The van der Waals surface area contributed by atoms with E-state index in [-0.39, 0.29) is 17.0 Å². The molecule has 0 atom stereocenters. The third kappa shape index (κ3) is 5.95. The molecular formula is C22H20F4N4O4. The van der Waals surface area contributed by atoms with E-state index < -0.39 is 18.0 Å². The quantitative estimate of drug-likeness (QED) is 0.496. The standard InChI is InChI=1S/C20H19FN4O2.C2HF3O2/c21-17-6-5-13(11-16(17)20(27)25-9-7-22-8-10-25)12-18-14-3-1-2-4-15(14)19(26)24-23-18;3-2(4,5)1(6)7/h1-6,11,22H,7-10,12H2,(H,24,26);(H,6,7). The monoisotopic (exact) mass is 480 g/mol. The molecule has 0 aliphatic carbocycles. The lowest BCUT2D eigenvalue weighted by molar-refractivity contribution is -0.192. The van der Waals surface area contributed by atoms with Crippen molar-refractivity contribution in [2.45, 2.75) is 12.6 Å². The number of amides is 1. The van der Waals surface area contributed by atoms with E-state index in [1.807, 2.05) is 12.1 Å². The lowest BCUT2D eigenvalue weighted by Crippen LogP contribution is -2.46. The van der Waals surface area contributed by atoms with Crippen LogP contribution in [-0.4, -0.2) is 64.4 Å². The van der Waals surface area contributed by atoms with Crippen LogP contribution >= 0.6 is 0 Å². The van der Waals surface area contributed by atoms with E-state index >= 15 is 0 Å². The first kappa shape index (κ1) is 24.8. The highest BCUT2D eigenvalue weighted by molar-refractivity contribution is 5.95. The third-order valence-electron chi connectivity index (χ3n) is 5.05. The van der Waals surface area contributed by atoms with Crippen LogP contribution in [-0.2, 0) is 11.2 Å². The van der Waals surface area contributed by atoms with Crippen molar-refractivity contribution in [2.24, 2.45) is 0 Å². The highest BCUT2D eigenvalue weighted by atomic mass is 19.4. The Bertz CT molecular complexity index is 1250. The summed E-state index contributed by atoms with van der Waals surface area (Å²) in [6, 6.07) is 11.8. The molecule has 0 spiro atoms. The molecule has 1 aliphatic rings. The van der Waals surface area contributed by atoms with Gasteiger partial charge in [0.2, 0.25) is 0 Å². The molecule has 180 valence electrons. The molecule has 8 nitrogen and oxygen atoms in total. The number of aromatic nitrogens is 2. The number of aliphatic carboxylic acids is 1. The molecule has 1 aliphatic heterocycles. The van der Waals surface area contributed by atoms with Gasteiger partial charge in [-0.2, -0.15) is 18.3 Å². The molecule has 1 amide bonds. The van der Waals surface area contributed by atoms with Crippen LogP contribution in [0.2, 0.25) is 0 Å². The van der Waals surface area contributed by atoms with Crippen LogP contribution in [0.15, 0.2) is 47.3 Å². The molecule has 0 bridgehead atoms. The highest BCUT2D eigenvalue weighted by Gasteiger charge is 2.38. The van der Waals surface area contributed by atoms with Crippen LogP contribution in [0.1, 0.15) is 21.6 Å². The highest BCUT2D eigenvalue weighted by Crippen LogP contribution is 2.19. The van der Waals surface area contributed by atoms with Crippen LogP contribution < -0.4 is 10.9 Å². The molecule has 12 heteroatoms. The molecule has 3 N–H and O–H groups in total. The van der Waals surface area contributed by atoms with Crippen LogP contribution in [0.4, 0.5) is 17.6 Å². The van der Waals surface area contributed by atoms with E-state index in [1.165, 1.54) is 6.07 Å². The molecule has 0 saturated carbocycles. The molecule has 4 rings (SSSR count). The zero-order valence-corrected chi connectivity index (χ0v) is 17.7. The van der Waals surface area contributed by atoms with Gasteiger partial charge in [-0.15, -0.1) is 0 Å². The number of H-pyrrole nitrogens is 1. The number of hydrogen-bond acceptors (Lipinski definition) is 5. The molecule has 2 aromatic carbocycles. The minimum Gasteiger partial charge on any atom is -0.475 e. The number of aromatic amines is 1. The molecule has 2 heterocycles. The summed E-state index contributed by atoms with van der Waals surface area (Å²) in [6.07, 6.45) is -4.70. The Balaban J connectivity index is 0.000000406. The number of carbonyl (C=O) groups excluding carboxylic acids is 1. The normalized spacial score (nSPS) is 13.8. The molecule has 0 unspecified atom stereocenters. The number of benzene rings is 2. The number of rotatable bonds is 3. The first-order chi connectivity index (χ1) is 16.1. The Kier molecular flexibility index (Phi) is 7.61. The van der Waals surface area contributed by atoms with Crippen LogP contribution in [0, 0.1) is 5.82 Å². The predicted octanol–water partition coefficient (Wildman–Crippen LogP) is 2.33. The van der Waals surface area contributed by atoms with E-state index in [4.69, 9.17) is 9.90 Å². The van der Waals surface area contributed by atoms with Gasteiger partial charge in [0.1, 0.15) is 5.82 Å². The Labute approximate surface area is 190 Å². The van der Waals surface area contributed by atoms with E-state index in [1.54, 1.807) is 29.2 Å². The van der Waals surface area contributed by atoms with Crippen molar-refractivity contribution in [3.05, 3.63) is 75.5 Å². The van der Waals surface area contributed by atoms with Gasteiger partial charge in [-0.1, -0.05) is 24.3 Å². The molecule has 1 saturated heterocycles. The number of halogens is 4. The van der Waals surface area contributed by atoms with E-state index in [9.17, 15) is 27.2 Å². The van der Waals surface area contributed by atoms with E-state index in [0.29, 0.717) is 43.7 Å². The fourth-order valence-corrected chi connectivity index (χ4v) is 3.38. The molecule has 3 aromatic rings. The average Bonchev–Trinajstić information content (AvgIpc) is 2.82. The summed E-state index contributed by atoms with van der Waals surface area (Å²) >= 11 is 0. The van der Waals surface area contributed by atoms with E-state index in [2.05, 4.69) is 15.5 Å². The number of nitrogens with one attached hydrogen (secondary N) is 2. The zero-order valence-electron chi connectivity index (χ0n) is 17.7. The minimum atomic E-state index is -5.08. The van der Waals surface area contributed by atoms with Crippen LogP contribution in [0.25, 0.3) is 10.8 Å². The second-order valence-corrected chi connectivity index (χ2v) is 7.38. The maximum absolute atomic E-state index is 14.3. The second kappa shape index (κ2) is 10.4. The summed E-state index contributed by atoms with van der Waals surface area (Å²) in [6.45, 7) is 2.55. The summed E-state index contributed by atoms with van der Waals surface area (Å²) in [5.74, 6) is -3.58. The van der Waals surface area contributed by atoms with E-state index in [0.717, 1.165) is 10.9 Å². The molecule has 0 radical (unpaired) electrons. The van der Waals surface area contributed by atoms with Crippen molar-refractivity contribution in [3.8, 4) is 0 Å². The lowest BCUT2D eigenvalue weighted by Gasteiger charge is -2.27. The number of carbonyl (C=O) groups is 2. The van der Waals surface area contributed by atoms with Crippen molar-refractivity contribution in [1.82, 2.24) is 20.4 Å². The lowest BCUT2D eigenvalue weighted by atomic mass is 10.0. The van der Waals surface area contributed by atoms with Gasteiger partial charge in [0, 0.05) is 38.0 Å². The second-order valence-electron chi connectivity index (χ2n) is 7.38. The molecular weight excluding hydrogens is 460 g/mol. The number of piperazine rings is 1. The summed E-state index contributed by atoms with van der Waals surface area (Å²) in [5.41, 5.74) is 1.27. The number of carboxylic acids is 1. The van der Waals surface area contributed by atoms with Gasteiger partial charge in [-0.3, -0.25) is 9.59 Å². The summed E-state index contributed by atoms with van der Waals surface area (Å²) in [4.78, 5) is 35.2. The zero-order chi connectivity index (χ0) is 24.9. The smallest absolute Gasteiger partial charge is 0.475 e.